The van der Waals surface area contributed by atoms with E-state index in [0.717, 1.165) is 21.9 Å². The molecule has 34 heavy (non-hydrogen) atoms. The van der Waals surface area contributed by atoms with Crippen molar-refractivity contribution in [2.75, 3.05) is 39.2 Å². The van der Waals surface area contributed by atoms with Gasteiger partial charge >= 0.3 is 5.97 Å². The molecular formula is C27H28N2O4S. The van der Waals surface area contributed by atoms with Gasteiger partial charge in [0, 0.05) is 18.0 Å². The Bertz CT molecular complexity index is 1130. The first-order valence-corrected chi connectivity index (χ1v) is 12.0. The van der Waals surface area contributed by atoms with E-state index < -0.39 is 17.3 Å². The van der Waals surface area contributed by atoms with Crippen molar-refractivity contribution in [1.29, 1.82) is 0 Å². The number of hydrogen-bond donors (Lipinski definition) is 0. The SMILES string of the molecule is COc1ccc(C2Sc3ccccc3N(CCN(C)C)C(=O)C2OC(=O)c2ccccc2)cc1. The predicted octanol–water partition coefficient (Wildman–Crippen LogP) is 4.66. The second-order valence-corrected chi connectivity index (χ2v) is 9.45. The van der Waals surface area contributed by atoms with Gasteiger partial charge in [-0.3, -0.25) is 4.79 Å². The number of likely N-dealkylation sites (N-methyl/N-ethyl adjacent to an activating group) is 1. The van der Waals surface area contributed by atoms with Crippen LogP contribution in [-0.4, -0.2) is 57.2 Å². The van der Waals surface area contributed by atoms with Crippen LogP contribution in [0.25, 0.3) is 0 Å². The summed E-state index contributed by atoms with van der Waals surface area (Å²) in [6.07, 6.45) is -0.999. The smallest absolute Gasteiger partial charge is 0.338 e. The highest BCUT2D eigenvalue weighted by molar-refractivity contribution is 7.99. The molecule has 1 amide bonds. The largest absolute Gasteiger partial charge is 0.497 e. The Morgan fingerprint density at radius 1 is 0.971 bits per heavy atom. The summed E-state index contributed by atoms with van der Waals surface area (Å²) >= 11 is 1.54. The molecule has 3 aromatic rings. The maximum absolute atomic E-state index is 14.0. The van der Waals surface area contributed by atoms with E-state index in [-0.39, 0.29) is 5.91 Å². The van der Waals surface area contributed by atoms with Crippen molar-refractivity contribution in [2.24, 2.45) is 0 Å². The van der Waals surface area contributed by atoms with Gasteiger partial charge in [0.25, 0.3) is 5.91 Å². The number of esters is 1. The highest BCUT2D eigenvalue weighted by Crippen LogP contribution is 2.47. The van der Waals surface area contributed by atoms with Gasteiger partial charge < -0.3 is 19.3 Å². The molecule has 0 bridgehead atoms. The lowest BCUT2D eigenvalue weighted by Gasteiger charge is -2.28. The van der Waals surface area contributed by atoms with Crippen LogP contribution < -0.4 is 9.64 Å². The molecule has 176 valence electrons. The van der Waals surface area contributed by atoms with Gasteiger partial charge in [0.1, 0.15) is 5.75 Å². The summed E-state index contributed by atoms with van der Waals surface area (Å²) < 4.78 is 11.3. The number of methoxy groups -OCH3 is 1. The van der Waals surface area contributed by atoms with Gasteiger partial charge in [-0.15, -0.1) is 11.8 Å². The van der Waals surface area contributed by atoms with Gasteiger partial charge in [-0.25, -0.2) is 4.79 Å². The summed E-state index contributed by atoms with van der Waals surface area (Å²) in [5.74, 6) is -0.0273. The van der Waals surface area contributed by atoms with Crippen molar-refractivity contribution in [1.82, 2.24) is 4.90 Å². The van der Waals surface area contributed by atoms with Crippen molar-refractivity contribution in [3.63, 3.8) is 0 Å². The standard InChI is InChI=1S/C27H28N2O4S/c1-28(2)17-18-29-22-11-7-8-12-23(22)34-25(19-13-15-21(32-3)16-14-19)24(26(29)30)33-27(31)20-9-5-4-6-10-20/h4-16,24-25H,17-18H2,1-3H3. The first-order chi connectivity index (χ1) is 16.5. The van der Waals surface area contributed by atoms with Crippen LogP contribution >= 0.6 is 11.8 Å². The molecule has 7 heteroatoms. The van der Waals surface area contributed by atoms with Crippen LogP contribution in [-0.2, 0) is 9.53 Å². The molecule has 6 nitrogen and oxygen atoms in total. The molecule has 1 heterocycles. The minimum atomic E-state index is -0.999. The van der Waals surface area contributed by atoms with Gasteiger partial charge in [-0.2, -0.15) is 0 Å². The zero-order valence-corrected chi connectivity index (χ0v) is 20.3. The van der Waals surface area contributed by atoms with Crippen LogP contribution in [0.1, 0.15) is 21.2 Å². The molecule has 4 rings (SSSR count). The summed E-state index contributed by atoms with van der Waals surface area (Å²) in [6.45, 7) is 1.16. The Balaban J connectivity index is 1.76. The number of anilines is 1. The van der Waals surface area contributed by atoms with Crippen LogP contribution in [0.3, 0.4) is 0 Å². The average molecular weight is 477 g/mol. The number of ether oxygens (including phenoxy) is 2. The van der Waals surface area contributed by atoms with Crippen molar-refractivity contribution in [3.05, 3.63) is 90.0 Å². The summed E-state index contributed by atoms with van der Waals surface area (Å²) in [6, 6.07) is 24.2. The molecule has 3 aromatic carbocycles. The molecule has 0 fully saturated rings. The Morgan fingerprint density at radius 3 is 2.32 bits per heavy atom. The van der Waals surface area contributed by atoms with E-state index in [0.29, 0.717) is 18.7 Å². The zero-order valence-electron chi connectivity index (χ0n) is 19.5. The number of nitrogens with zero attached hydrogens (tertiary/aromatic N) is 2. The summed E-state index contributed by atoms with van der Waals surface area (Å²) in [5.41, 5.74) is 2.13. The van der Waals surface area contributed by atoms with E-state index in [1.165, 1.54) is 11.8 Å². The minimum Gasteiger partial charge on any atom is -0.497 e. The van der Waals surface area contributed by atoms with E-state index in [2.05, 4.69) is 0 Å². The van der Waals surface area contributed by atoms with Gasteiger partial charge in [0.2, 0.25) is 0 Å². The Labute approximate surface area is 204 Å². The summed E-state index contributed by atoms with van der Waals surface area (Å²) in [7, 11) is 5.55. The number of carbonyl (C=O) groups is 2. The fourth-order valence-electron chi connectivity index (χ4n) is 3.82. The van der Waals surface area contributed by atoms with Crippen molar-refractivity contribution in [2.45, 2.75) is 16.2 Å². The molecule has 0 radical (unpaired) electrons. The van der Waals surface area contributed by atoms with E-state index >= 15 is 0 Å². The molecule has 1 aliphatic rings. The van der Waals surface area contributed by atoms with Crippen LogP contribution in [0.5, 0.6) is 5.75 Å². The van der Waals surface area contributed by atoms with Gasteiger partial charge in [0.15, 0.2) is 6.10 Å². The van der Waals surface area contributed by atoms with E-state index in [1.54, 1.807) is 36.3 Å². The number of carbonyl (C=O) groups excluding carboxylic acids is 2. The number of rotatable bonds is 7. The van der Waals surface area contributed by atoms with Crippen LogP contribution in [0, 0.1) is 0 Å². The number of para-hydroxylation sites is 1. The molecule has 1 aliphatic heterocycles. The van der Waals surface area contributed by atoms with Gasteiger partial charge in [0.05, 0.1) is 23.6 Å². The second kappa shape index (κ2) is 10.8. The molecule has 0 aromatic heterocycles. The molecule has 0 aliphatic carbocycles. The average Bonchev–Trinajstić information content (AvgIpc) is 2.98. The Morgan fingerprint density at radius 2 is 1.65 bits per heavy atom. The van der Waals surface area contributed by atoms with Crippen molar-refractivity contribution < 1.29 is 19.1 Å². The van der Waals surface area contributed by atoms with Crippen LogP contribution in [0.4, 0.5) is 5.69 Å². The molecule has 2 unspecified atom stereocenters. The third-order valence-electron chi connectivity index (χ3n) is 5.65. The lowest BCUT2D eigenvalue weighted by atomic mass is 10.1. The summed E-state index contributed by atoms with van der Waals surface area (Å²) in [4.78, 5) is 31.8. The number of thioether (sulfide) groups is 1. The Kier molecular flexibility index (Phi) is 7.55. The molecule has 0 saturated carbocycles. The maximum Gasteiger partial charge on any atom is 0.338 e. The normalized spacial score (nSPS) is 17.8. The lowest BCUT2D eigenvalue weighted by Crippen LogP contribution is -2.45. The molecule has 0 spiro atoms. The molecular weight excluding hydrogens is 448 g/mol. The number of fused-ring (bicyclic) bond motifs is 1. The molecule has 0 N–H and O–H groups in total. The third-order valence-corrected chi connectivity index (χ3v) is 7.03. The lowest BCUT2D eigenvalue weighted by molar-refractivity contribution is -0.127. The van der Waals surface area contributed by atoms with Crippen molar-refractivity contribution in [3.8, 4) is 5.75 Å². The number of hydrogen-bond acceptors (Lipinski definition) is 6. The van der Waals surface area contributed by atoms with Gasteiger partial charge in [-0.1, -0.05) is 42.5 Å². The fourth-order valence-corrected chi connectivity index (χ4v) is 5.14. The maximum atomic E-state index is 14.0. The Hall–Kier alpha value is -3.29. The van der Waals surface area contributed by atoms with Gasteiger partial charge in [-0.05, 0) is 56.1 Å². The van der Waals surface area contributed by atoms with Crippen molar-refractivity contribution >= 4 is 29.3 Å². The second-order valence-electron chi connectivity index (χ2n) is 8.26. The van der Waals surface area contributed by atoms with Crippen LogP contribution in [0.15, 0.2) is 83.8 Å². The fraction of sp³-hybridized carbons (Fsp3) is 0.259. The summed E-state index contributed by atoms with van der Waals surface area (Å²) in [5, 5.41) is -0.420. The minimum absolute atomic E-state index is 0.232. The molecule has 0 saturated heterocycles. The monoisotopic (exact) mass is 476 g/mol. The predicted molar refractivity (Wildman–Crippen MR) is 135 cm³/mol. The highest BCUT2D eigenvalue weighted by atomic mass is 32.2. The zero-order chi connectivity index (χ0) is 24.1. The first kappa shape index (κ1) is 23.9. The topological polar surface area (TPSA) is 59.1 Å². The first-order valence-electron chi connectivity index (χ1n) is 11.1. The quantitative estimate of drug-likeness (QED) is 0.462. The highest BCUT2D eigenvalue weighted by Gasteiger charge is 2.41. The number of benzene rings is 3. The third kappa shape index (κ3) is 5.26. The molecule has 2 atom stereocenters. The number of amides is 1. The van der Waals surface area contributed by atoms with Crippen LogP contribution in [0.2, 0.25) is 0 Å². The van der Waals surface area contributed by atoms with E-state index in [4.69, 9.17) is 9.47 Å². The van der Waals surface area contributed by atoms with E-state index in [9.17, 15) is 9.59 Å². The van der Waals surface area contributed by atoms with E-state index in [1.807, 2.05) is 73.6 Å².